The first kappa shape index (κ1) is 12.8. The van der Waals surface area contributed by atoms with E-state index in [1.54, 1.807) is 11.3 Å². The fourth-order valence-corrected chi connectivity index (χ4v) is 3.35. The van der Waals surface area contributed by atoms with Gasteiger partial charge in [-0.05, 0) is 18.9 Å². The Bertz CT molecular complexity index is 798. The highest BCUT2D eigenvalue weighted by Gasteiger charge is 2.14. The third-order valence-corrected chi connectivity index (χ3v) is 4.11. The fraction of sp³-hybridized carbons (Fsp3) is 0.214. The van der Waals surface area contributed by atoms with E-state index >= 15 is 0 Å². The van der Waals surface area contributed by atoms with Gasteiger partial charge in [-0.25, -0.2) is 14.8 Å². The minimum absolute atomic E-state index is 0.310. The van der Waals surface area contributed by atoms with Gasteiger partial charge in [0, 0.05) is 5.39 Å². The lowest BCUT2D eigenvalue weighted by atomic mass is 10.2. The zero-order valence-electron chi connectivity index (χ0n) is 10.9. The number of rotatable bonds is 3. The Kier molecular flexibility index (Phi) is 3.23. The Morgan fingerprint density at radius 2 is 2.15 bits per heavy atom. The Morgan fingerprint density at radius 3 is 2.90 bits per heavy atom. The maximum Gasteiger partial charge on any atom is 0.410 e. The molecule has 2 N–H and O–H groups in total. The predicted octanol–water partition coefficient (Wildman–Crippen LogP) is 3.89. The summed E-state index contributed by atoms with van der Waals surface area (Å²) in [4.78, 5) is 19.8. The van der Waals surface area contributed by atoms with Crippen molar-refractivity contribution in [2.75, 3.05) is 5.32 Å². The molecule has 0 bridgehead atoms. The van der Waals surface area contributed by atoms with Crippen LogP contribution in [0.1, 0.15) is 18.4 Å². The molecule has 1 aromatic carbocycles. The van der Waals surface area contributed by atoms with Gasteiger partial charge in [-0.1, -0.05) is 25.1 Å². The van der Waals surface area contributed by atoms with Gasteiger partial charge in [0.2, 0.25) is 0 Å². The summed E-state index contributed by atoms with van der Waals surface area (Å²) in [5.41, 5.74) is 1.41. The summed E-state index contributed by atoms with van der Waals surface area (Å²) in [6.45, 7) is 2.10. The van der Waals surface area contributed by atoms with Crippen molar-refractivity contribution in [3.8, 4) is 0 Å². The second-order valence-corrected chi connectivity index (χ2v) is 5.53. The average molecular weight is 287 g/mol. The summed E-state index contributed by atoms with van der Waals surface area (Å²) < 4.78 is 0.989. The Labute approximate surface area is 119 Å². The Hall–Kier alpha value is -2.21. The molecule has 5 nitrogen and oxygen atoms in total. The van der Waals surface area contributed by atoms with Gasteiger partial charge < -0.3 is 5.11 Å². The SMILES string of the molecule is CCCc1nc2c(NC(=O)O)nc3ccccc3c2s1. The molecule has 0 spiro atoms. The smallest absolute Gasteiger partial charge is 0.410 e. The van der Waals surface area contributed by atoms with Crippen molar-refractivity contribution in [2.24, 2.45) is 0 Å². The van der Waals surface area contributed by atoms with E-state index < -0.39 is 6.09 Å². The van der Waals surface area contributed by atoms with Crippen LogP contribution in [0.5, 0.6) is 0 Å². The standard InChI is InChI=1S/C14H13N3O2S/c1-2-5-10-16-11-12(20-10)8-6-3-4-7-9(8)15-13(11)17-14(18)19/h3-4,6-7H,2,5H2,1H3,(H,15,17)(H,18,19). The van der Waals surface area contributed by atoms with Gasteiger partial charge in [-0.2, -0.15) is 0 Å². The number of benzene rings is 1. The minimum Gasteiger partial charge on any atom is -0.465 e. The lowest BCUT2D eigenvalue weighted by molar-refractivity contribution is 0.209. The summed E-state index contributed by atoms with van der Waals surface area (Å²) >= 11 is 1.61. The van der Waals surface area contributed by atoms with Crippen LogP contribution in [-0.2, 0) is 6.42 Å². The van der Waals surface area contributed by atoms with Gasteiger partial charge in [-0.3, -0.25) is 5.32 Å². The molecule has 0 radical (unpaired) electrons. The van der Waals surface area contributed by atoms with Crippen LogP contribution in [0.15, 0.2) is 24.3 Å². The molecule has 2 aromatic heterocycles. The molecular formula is C14H13N3O2S. The van der Waals surface area contributed by atoms with Crippen LogP contribution in [0.3, 0.4) is 0 Å². The molecule has 102 valence electrons. The average Bonchev–Trinajstić information content (AvgIpc) is 2.83. The van der Waals surface area contributed by atoms with Crippen LogP contribution in [0.25, 0.3) is 21.1 Å². The Balaban J connectivity index is 2.31. The number of fused-ring (bicyclic) bond motifs is 3. The van der Waals surface area contributed by atoms with Gasteiger partial charge in [0.05, 0.1) is 15.2 Å². The molecule has 20 heavy (non-hydrogen) atoms. The van der Waals surface area contributed by atoms with Crippen molar-refractivity contribution in [1.29, 1.82) is 0 Å². The van der Waals surface area contributed by atoms with Crippen LogP contribution in [0, 0.1) is 0 Å². The number of aromatic nitrogens is 2. The van der Waals surface area contributed by atoms with Crippen LogP contribution in [0.2, 0.25) is 0 Å². The molecule has 0 fully saturated rings. The molecular weight excluding hydrogens is 274 g/mol. The number of aryl methyl sites for hydroxylation is 1. The molecule has 0 saturated heterocycles. The summed E-state index contributed by atoms with van der Waals surface area (Å²) in [5.74, 6) is 0.310. The summed E-state index contributed by atoms with van der Waals surface area (Å²) in [6.07, 6.45) is 0.770. The van der Waals surface area contributed by atoms with Crippen molar-refractivity contribution < 1.29 is 9.90 Å². The zero-order valence-corrected chi connectivity index (χ0v) is 11.7. The van der Waals surface area contributed by atoms with Crippen molar-refractivity contribution in [3.05, 3.63) is 29.3 Å². The topological polar surface area (TPSA) is 75.1 Å². The number of hydrogen-bond acceptors (Lipinski definition) is 4. The van der Waals surface area contributed by atoms with E-state index in [1.165, 1.54) is 0 Å². The first-order valence-electron chi connectivity index (χ1n) is 6.37. The first-order chi connectivity index (χ1) is 9.69. The lowest BCUT2D eigenvalue weighted by Crippen LogP contribution is -2.09. The number of carbonyl (C=O) groups is 1. The van der Waals surface area contributed by atoms with Gasteiger partial charge in [0.1, 0.15) is 5.52 Å². The summed E-state index contributed by atoms with van der Waals surface area (Å²) in [5, 5.41) is 13.3. The van der Waals surface area contributed by atoms with E-state index in [0.717, 1.165) is 33.5 Å². The number of carboxylic acid groups (broad SMARTS) is 1. The Morgan fingerprint density at radius 1 is 1.35 bits per heavy atom. The molecule has 3 rings (SSSR count). The molecule has 0 aliphatic rings. The van der Waals surface area contributed by atoms with E-state index in [2.05, 4.69) is 22.2 Å². The van der Waals surface area contributed by atoms with E-state index in [4.69, 9.17) is 5.11 Å². The molecule has 0 saturated carbocycles. The van der Waals surface area contributed by atoms with E-state index in [1.807, 2.05) is 24.3 Å². The third kappa shape index (κ3) is 2.18. The molecule has 2 heterocycles. The number of para-hydroxylation sites is 1. The van der Waals surface area contributed by atoms with Crippen molar-refractivity contribution >= 4 is 44.4 Å². The summed E-state index contributed by atoms with van der Waals surface area (Å²) in [6, 6.07) is 7.71. The predicted molar refractivity (Wildman–Crippen MR) is 80.6 cm³/mol. The van der Waals surface area contributed by atoms with Crippen LogP contribution in [-0.4, -0.2) is 21.2 Å². The molecule has 3 aromatic rings. The third-order valence-electron chi connectivity index (χ3n) is 2.97. The highest BCUT2D eigenvalue weighted by molar-refractivity contribution is 7.19. The lowest BCUT2D eigenvalue weighted by Gasteiger charge is -2.04. The second kappa shape index (κ2) is 5.05. The van der Waals surface area contributed by atoms with Crippen molar-refractivity contribution in [2.45, 2.75) is 19.8 Å². The van der Waals surface area contributed by atoms with Crippen LogP contribution < -0.4 is 5.32 Å². The van der Waals surface area contributed by atoms with E-state index in [0.29, 0.717) is 11.3 Å². The zero-order chi connectivity index (χ0) is 14.1. The van der Waals surface area contributed by atoms with Gasteiger partial charge in [-0.15, -0.1) is 11.3 Å². The van der Waals surface area contributed by atoms with Crippen molar-refractivity contribution in [1.82, 2.24) is 9.97 Å². The molecule has 0 aliphatic heterocycles. The minimum atomic E-state index is -1.13. The monoisotopic (exact) mass is 287 g/mol. The molecule has 1 amide bonds. The number of hydrogen-bond donors (Lipinski definition) is 2. The van der Waals surface area contributed by atoms with Gasteiger partial charge >= 0.3 is 6.09 Å². The number of anilines is 1. The van der Waals surface area contributed by atoms with Crippen LogP contribution in [0.4, 0.5) is 10.6 Å². The quantitative estimate of drug-likeness (QED) is 0.766. The van der Waals surface area contributed by atoms with Gasteiger partial charge in [0.15, 0.2) is 5.82 Å². The molecule has 0 aliphatic carbocycles. The fourth-order valence-electron chi connectivity index (χ4n) is 2.15. The number of amides is 1. The number of pyridine rings is 1. The van der Waals surface area contributed by atoms with E-state index in [-0.39, 0.29) is 0 Å². The maximum atomic E-state index is 10.9. The molecule has 0 unspecified atom stereocenters. The highest BCUT2D eigenvalue weighted by Crippen LogP contribution is 2.33. The number of thiazole rings is 1. The van der Waals surface area contributed by atoms with E-state index in [9.17, 15) is 4.79 Å². The number of nitrogens with zero attached hydrogens (tertiary/aromatic N) is 2. The molecule has 0 atom stereocenters. The van der Waals surface area contributed by atoms with Gasteiger partial charge in [0.25, 0.3) is 0 Å². The highest BCUT2D eigenvalue weighted by atomic mass is 32.1. The molecule has 6 heteroatoms. The first-order valence-corrected chi connectivity index (χ1v) is 7.18. The van der Waals surface area contributed by atoms with Crippen LogP contribution >= 0.6 is 11.3 Å². The second-order valence-electron chi connectivity index (χ2n) is 4.44. The number of nitrogens with one attached hydrogen (secondary N) is 1. The largest absolute Gasteiger partial charge is 0.465 e. The normalized spacial score (nSPS) is 11.1. The van der Waals surface area contributed by atoms with Crippen molar-refractivity contribution in [3.63, 3.8) is 0 Å². The summed E-state index contributed by atoms with van der Waals surface area (Å²) in [7, 11) is 0. The maximum absolute atomic E-state index is 10.9.